The second-order valence-electron chi connectivity index (χ2n) is 5.06. The van der Waals surface area contributed by atoms with E-state index in [9.17, 15) is 4.79 Å². The van der Waals surface area contributed by atoms with Crippen LogP contribution < -0.4 is 9.64 Å². The average Bonchev–Trinajstić information content (AvgIpc) is 2.93. The maximum Gasteiger partial charge on any atom is 0.231 e. The second kappa shape index (κ2) is 5.78. The first-order valence-corrected chi connectivity index (χ1v) is 7.27. The third kappa shape index (κ3) is 2.74. The lowest BCUT2D eigenvalue weighted by atomic mass is 10.1. The minimum absolute atomic E-state index is 0.0759. The number of para-hydroxylation sites is 1. The molecule has 3 rings (SSSR count). The molecule has 0 fully saturated rings. The van der Waals surface area contributed by atoms with Gasteiger partial charge >= 0.3 is 0 Å². The first kappa shape index (κ1) is 14.0. The number of benzene rings is 2. The van der Waals surface area contributed by atoms with Crippen molar-refractivity contribution in [1.29, 1.82) is 0 Å². The van der Waals surface area contributed by atoms with Crippen LogP contribution in [-0.4, -0.2) is 19.6 Å². The van der Waals surface area contributed by atoms with Crippen LogP contribution in [0.3, 0.4) is 0 Å². The molecule has 108 valence electrons. The summed E-state index contributed by atoms with van der Waals surface area (Å²) in [6.07, 6.45) is 1.22. The maximum atomic E-state index is 12.5. The van der Waals surface area contributed by atoms with Crippen molar-refractivity contribution in [1.82, 2.24) is 0 Å². The molecule has 1 aliphatic heterocycles. The molecule has 2 aromatic carbocycles. The van der Waals surface area contributed by atoms with Gasteiger partial charge in [0.25, 0.3) is 0 Å². The molecule has 0 saturated carbocycles. The van der Waals surface area contributed by atoms with Crippen molar-refractivity contribution in [2.75, 3.05) is 18.6 Å². The minimum Gasteiger partial charge on any atom is -0.497 e. The lowest BCUT2D eigenvalue weighted by molar-refractivity contribution is -0.117. The molecule has 0 saturated heterocycles. The van der Waals surface area contributed by atoms with E-state index in [2.05, 4.69) is 6.07 Å². The Morgan fingerprint density at radius 2 is 2.10 bits per heavy atom. The first-order chi connectivity index (χ1) is 10.2. The summed E-state index contributed by atoms with van der Waals surface area (Å²) in [6.45, 7) is 0.742. The molecule has 0 bridgehead atoms. The van der Waals surface area contributed by atoms with E-state index < -0.39 is 0 Å². The lowest BCUT2D eigenvalue weighted by Crippen LogP contribution is -2.30. The number of carbonyl (C=O) groups excluding carboxylic acids is 1. The van der Waals surface area contributed by atoms with E-state index >= 15 is 0 Å². The van der Waals surface area contributed by atoms with Gasteiger partial charge in [0.2, 0.25) is 5.91 Å². The number of ether oxygens (including phenoxy) is 1. The molecule has 1 aliphatic rings. The molecule has 0 spiro atoms. The molecule has 4 heteroatoms. The second-order valence-corrected chi connectivity index (χ2v) is 5.47. The smallest absolute Gasteiger partial charge is 0.231 e. The Balaban J connectivity index is 1.79. The molecule has 1 amide bonds. The van der Waals surface area contributed by atoms with Crippen molar-refractivity contribution in [2.45, 2.75) is 12.8 Å². The summed E-state index contributed by atoms with van der Waals surface area (Å²) in [5.41, 5.74) is 3.07. The zero-order valence-corrected chi connectivity index (χ0v) is 12.6. The highest BCUT2D eigenvalue weighted by atomic mass is 35.5. The van der Waals surface area contributed by atoms with E-state index in [0.29, 0.717) is 17.2 Å². The van der Waals surface area contributed by atoms with Gasteiger partial charge < -0.3 is 9.64 Å². The highest BCUT2D eigenvalue weighted by molar-refractivity contribution is 6.31. The number of methoxy groups -OCH3 is 1. The van der Waals surface area contributed by atoms with Crippen molar-refractivity contribution >= 4 is 23.2 Å². The third-order valence-corrected chi connectivity index (χ3v) is 4.14. The number of hydrogen-bond donors (Lipinski definition) is 0. The van der Waals surface area contributed by atoms with Gasteiger partial charge in [-0.05, 0) is 35.7 Å². The first-order valence-electron chi connectivity index (χ1n) is 6.89. The van der Waals surface area contributed by atoms with Crippen LogP contribution in [0.4, 0.5) is 5.69 Å². The maximum absolute atomic E-state index is 12.5. The Morgan fingerprint density at radius 3 is 2.86 bits per heavy atom. The average molecular weight is 302 g/mol. The van der Waals surface area contributed by atoms with Crippen LogP contribution in [0.5, 0.6) is 5.75 Å². The van der Waals surface area contributed by atoms with Gasteiger partial charge in [0.1, 0.15) is 5.75 Å². The summed E-state index contributed by atoms with van der Waals surface area (Å²) in [5.74, 6) is 0.773. The van der Waals surface area contributed by atoms with Crippen LogP contribution in [0, 0.1) is 0 Å². The standard InChI is InChI=1S/C17H16ClNO2/c1-21-14-7-6-13(15(18)11-14)10-17(20)19-9-8-12-4-2-3-5-16(12)19/h2-7,11H,8-10H2,1H3. The van der Waals surface area contributed by atoms with Gasteiger partial charge in [-0.2, -0.15) is 0 Å². The fourth-order valence-electron chi connectivity index (χ4n) is 2.65. The van der Waals surface area contributed by atoms with Gasteiger partial charge in [-0.15, -0.1) is 0 Å². The molecule has 1 heterocycles. The molecule has 2 aromatic rings. The number of fused-ring (bicyclic) bond motifs is 1. The highest BCUT2D eigenvalue weighted by Gasteiger charge is 2.24. The Kier molecular flexibility index (Phi) is 3.84. The molecule has 0 radical (unpaired) electrons. The number of amides is 1. The molecule has 0 unspecified atom stereocenters. The highest BCUT2D eigenvalue weighted by Crippen LogP contribution is 2.29. The zero-order chi connectivity index (χ0) is 14.8. The van der Waals surface area contributed by atoms with E-state index in [0.717, 1.165) is 24.2 Å². The number of rotatable bonds is 3. The van der Waals surface area contributed by atoms with Gasteiger partial charge in [0.05, 0.1) is 13.5 Å². The molecule has 0 atom stereocenters. The fraction of sp³-hybridized carbons (Fsp3) is 0.235. The SMILES string of the molecule is COc1ccc(CC(=O)N2CCc3ccccc32)c(Cl)c1. The predicted molar refractivity (Wildman–Crippen MR) is 84.2 cm³/mol. The number of halogens is 1. The number of anilines is 1. The van der Waals surface area contributed by atoms with Crippen LogP contribution in [0.15, 0.2) is 42.5 Å². The van der Waals surface area contributed by atoms with Gasteiger partial charge in [-0.25, -0.2) is 0 Å². The monoisotopic (exact) mass is 301 g/mol. The summed E-state index contributed by atoms with van der Waals surface area (Å²) in [6, 6.07) is 13.5. The Bertz CT molecular complexity index is 684. The van der Waals surface area contributed by atoms with E-state index in [-0.39, 0.29) is 5.91 Å². The molecule has 0 aromatic heterocycles. The Morgan fingerprint density at radius 1 is 1.29 bits per heavy atom. The van der Waals surface area contributed by atoms with E-state index in [1.165, 1.54) is 5.56 Å². The number of carbonyl (C=O) groups is 1. The Labute approximate surface area is 129 Å². The fourth-order valence-corrected chi connectivity index (χ4v) is 2.89. The predicted octanol–water partition coefficient (Wildman–Crippen LogP) is 3.48. The van der Waals surface area contributed by atoms with Crippen LogP contribution in [0.1, 0.15) is 11.1 Å². The van der Waals surface area contributed by atoms with E-state index in [1.807, 2.05) is 35.2 Å². The summed E-state index contributed by atoms with van der Waals surface area (Å²) >= 11 is 6.21. The summed E-state index contributed by atoms with van der Waals surface area (Å²) in [5, 5.41) is 0.565. The normalized spacial score (nSPS) is 13.1. The van der Waals surface area contributed by atoms with Crippen LogP contribution in [0.2, 0.25) is 5.02 Å². The van der Waals surface area contributed by atoms with Crippen molar-refractivity contribution in [3.8, 4) is 5.75 Å². The number of hydrogen-bond acceptors (Lipinski definition) is 2. The van der Waals surface area contributed by atoms with E-state index in [1.54, 1.807) is 13.2 Å². The lowest BCUT2D eigenvalue weighted by Gasteiger charge is -2.17. The zero-order valence-electron chi connectivity index (χ0n) is 11.8. The van der Waals surface area contributed by atoms with Gasteiger partial charge in [0.15, 0.2) is 0 Å². The van der Waals surface area contributed by atoms with Crippen molar-refractivity contribution in [3.05, 3.63) is 58.6 Å². The van der Waals surface area contributed by atoms with Crippen LogP contribution in [0.25, 0.3) is 0 Å². The molecular formula is C17H16ClNO2. The molecule has 21 heavy (non-hydrogen) atoms. The summed E-state index contributed by atoms with van der Waals surface area (Å²) < 4.78 is 5.12. The van der Waals surface area contributed by atoms with Gasteiger partial charge in [0, 0.05) is 17.3 Å². The van der Waals surface area contributed by atoms with Crippen LogP contribution in [-0.2, 0) is 17.6 Å². The molecule has 0 N–H and O–H groups in total. The number of nitrogens with zero attached hydrogens (tertiary/aromatic N) is 1. The molecule has 3 nitrogen and oxygen atoms in total. The van der Waals surface area contributed by atoms with E-state index in [4.69, 9.17) is 16.3 Å². The van der Waals surface area contributed by atoms with Gasteiger partial charge in [-0.1, -0.05) is 35.9 Å². The van der Waals surface area contributed by atoms with Crippen molar-refractivity contribution in [2.24, 2.45) is 0 Å². The van der Waals surface area contributed by atoms with Crippen molar-refractivity contribution < 1.29 is 9.53 Å². The molecule has 0 aliphatic carbocycles. The topological polar surface area (TPSA) is 29.5 Å². The largest absolute Gasteiger partial charge is 0.497 e. The van der Waals surface area contributed by atoms with Gasteiger partial charge in [-0.3, -0.25) is 4.79 Å². The summed E-state index contributed by atoms with van der Waals surface area (Å²) in [7, 11) is 1.59. The molecular weight excluding hydrogens is 286 g/mol. The minimum atomic E-state index is 0.0759. The third-order valence-electron chi connectivity index (χ3n) is 3.79. The quantitative estimate of drug-likeness (QED) is 0.868. The van der Waals surface area contributed by atoms with Crippen LogP contribution >= 0.6 is 11.6 Å². The Hall–Kier alpha value is -2.00. The summed E-state index contributed by atoms with van der Waals surface area (Å²) in [4.78, 5) is 14.4. The van der Waals surface area contributed by atoms with Crippen molar-refractivity contribution in [3.63, 3.8) is 0 Å².